The maximum Gasteiger partial charge on any atom is 0.243 e. The van der Waals surface area contributed by atoms with Crippen molar-refractivity contribution in [1.29, 1.82) is 0 Å². The SMILES string of the molecule is O=C(CCCCC(=O)Nc1ccccc1Sc1ccc2c(/C=C/c3ccccn3)n[nH]c2c1)NO. The number of nitrogens with zero attached hydrogens (tertiary/aromatic N) is 2. The number of aromatic amines is 1. The monoisotopic (exact) mass is 487 g/mol. The van der Waals surface area contributed by atoms with E-state index in [0.717, 1.165) is 37.8 Å². The number of carbonyl (C=O) groups is 2. The molecule has 0 unspecified atom stereocenters. The molecule has 0 aliphatic heterocycles. The average molecular weight is 488 g/mol. The highest BCUT2D eigenvalue weighted by Gasteiger charge is 2.10. The zero-order chi connectivity index (χ0) is 24.5. The van der Waals surface area contributed by atoms with Crippen molar-refractivity contribution in [3.8, 4) is 0 Å². The lowest BCUT2D eigenvalue weighted by molar-refractivity contribution is -0.129. The second kappa shape index (κ2) is 12.0. The van der Waals surface area contributed by atoms with Crippen LogP contribution >= 0.6 is 11.8 Å². The zero-order valence-electron chi connectivity index (χ0n) is 18.9. The summed E-state index contributed by atoms with van der Waals surface area (Å²) in [6, 6.07) is 19.5. The van der Waals surface area contributed by atoms with Crippen LogP contribution in [0.25, 0.3) is 23.1 Å². The number of benzene rings is 2. The fourth-order valence-electron chi connectivity index (χ4n) is 3.47. The molecular formula is C26H25N5O3S. The van der Waals surface area contributed by atoms with Crippen molar-refractivity contribution in [3.63, 3.8) is 0 Å². The van der Waals surface area contributed by atoms with Gasteiger partial charge in [0.25, 0.3) is 0 Å². The summed E-state index contributed by atoms with van der Waals surface area (Å²) in [7, 11) is 0. The number of rotatable bonds is 10. The molecule has 0 aliphatic rings. The van der Waals surface area contributed by atoms with E-state index in [-0.39, 0.29) is 12.3 Å². The number of amides is 2. The van der Waals surface area contributed by atoms with Gasteiger partial charge >= 0.3 is 0 Å². The number of pyridine rings is 1. The number of hydrogen-bond acceptors (Lipinski definition) is 6. The van der Waals surface area contributed by atoms with Gasteiger partial charge in [-0.1, -0.05) is 30.0 Å². The highest BCUT2D eigenvalue weighted by atomic mass is 32.2. The standard InChI is InChI=1S/C26H25N5O3S/c32-25(10-3-4-11-26(33)31-34)28-22-8-1-2-9-24(22)35-19-13-14-20-21(29-30-23(20)17-19)15-12-18-7-5-6-16-27-18/h1-2,5-9,12-17,34H,3-4,10-11H2,(H,28,32)(H,29,30)(H,31,33)/b15-12+. The molecule has 2 amide bonds. The van der Waals surface area contributed by atoms with E-state index in [1.165, 1.54) is 0 Å². The van der Waals surface area contributed by atoms with E-state index in [2.05, 4.69) is 20.5 Å². The molecule has 4 aromatic rings. The Morgan fingerprint density at radius 1 is 0.971 bits per heavy atom. The number of hydrogen-bond donors (Lipinski definition) is 4. The normalized spacial score (nSPS) is 11.1. The van der Waals surface area contributed by atoms with Gasteiger partial charge in [-0.15, -0.1) is 0 Å². The molecule has 2 aromatic carbocycles. The Kier molecular flexibility index (Phi) is 8.26. The lowest BCUT2D eigenvalue weighted by atomic mass is 10.2. The summed E-state index contributed by atoms with van der Waals surface area (Å²) in [5, 5.41) is 20.0. The van der Waals surface area contributed by atoms with E-state index in [1.54, 1.807) is 23.4 Å². The molecule has 0 radical (unpaired) electrons. The van der Waals surface area contributed by atoms with Gasteiger partial charge in [0.05, 0.1) is 22.6 Å². The number of carbonyl (C=O) groups excluding carboxylic acids is 2. The average Bonchev–Trinajstić information content (AvgIpc) is 3.29. The molecule has 0 bridgehead atoms. The Hall–Kier alpha value is -3.95. The van der Waals surface area contributed by atoms with E-state index in [9.17, 15) is 9.59 Å². The first-order chi connectivity index (χ1) is 17.1. The molecule has 9 heteroatoms. The summed E-state index contributed by atoms with van der Waals surface area (Å²) in [5.74, 6) is -0.562. The zero-order valence-corrected chi connectivity index (χ0v) is 19.7. The lowest BCUT2D eigenvalue weighted by Gasteiger charge is -2.11. The molecule has 4 N–H and O–H groups in total. The number of para-hydroxylation sites is 1. The van der Waals surface area contributed by atoms with Crippen LogP contribution in [-0.2, 0) is 9.59 Å². The van der Waals surface area contributed by atoms with E-state index < -0.39 is 5.91 Å². The molecule has 8 nitrogen and oxygen atoms in total. The van der Waals surface area contributed by atoms with Gasteiger partial charge in [-0.2, -0.15) is 5.10 Å². The third-order valence-corrected chi connectivity index (χ3v) is 6.30. The van der Waals surface area contributed by atoms with E-state index in [4.69, 9.17) is 5.21 Å². The molecule has 0 spiro atoms. The van der Waals surface area contributed by atoms with Crippen molar-refractivity contribution >= 4 is 52.3 Å². The van der Waals surface area contributed by atoms with Crippen LogP contribution in [0.15, 0.2) is 76.7 Å². The molecule has 0 fully saturated rings. The van der Waals surface area contributed by atoms with Crippen molar-refractivity contribution in [2.75, 3.05) is 5.32 Å². The van der Waals surface area contributed by atoms with E-state index >= 15 is 0 Å². The first-order valence-corrected chi connectivity index (χ1v) is 12.0. The molecule has 0 atom stereocenters. The summed E-state index contributed by atoms with van der Waals surface area (Å²) in [6.07, 6.45) is 7.19. The number of unbranched alkanes of at least 4 members (excludes halogenated alkanes) is 1. The highest BCUT2D eigenvalue weighted by Crippen LogP contribution is 2.35. The van der Waals surface area contributed by atoms with Crippen molar-refractivity contribution < 1.29 is 14.8 Å². The molecule has 0 aliphatic carbocycles. The largest absolute Gasteiger partial charge is 0.325 e. The van der Waals surface area contributed by atoms with Crippen LogP contribution in [0.5, 0.6) is 0 Å². The van der Waals surface area contributed by atoms with Crippen LogP contribution in [0.1, 0.15) is 37.1 Å². The number of H-pyrrole nitrogens is 1. The van der Waals surface area contributed by atoms with Gasteiger partial charge in [0.1, 0.15) is 0 Å². The van der Waals surface area contributed by atoms with Crippen molar-refractivity contribution in [2.45, 2.75) is 35.5 Å². The minimum absolute atomic E-state index is 0.115. The molecule has 35 heavy (non-hydrogen) atoms. The topological polar surface area (TPSA) is 120 Å². The molecular weight excluding hydrogens is 462 g/mol. The van der Waals surface area contributed by atoms with Crippen LogP contribution in [-0.4, -0.2) is 32.2 Å². The van der Waals surface area contributed by atoms with Crippen LogP contribution in [0.4, 0.5) is 5.69 Å². The van der Waals surface area contributed by atoms with E-state index in [0.29, 0.717) is 19.3 Å². The van der Waals surface area contributed by atoms with E-state index in [1.807, 2.05) is 72.8 Å². The number of fused-ring (bicyclic) bond motifs is 1. The Bertz CT molecular complexity index is 1340. The smallest absolute Gasteiger partial charge is 0.243 e. The summed E-state index contributed by atoms with van der Waals surface area (Å²) in [4.78, 5) is 29.7. The van der Waals surface area contributed by atoms with Crippen LogP contribution in [0.3, 0.4) is 0 Å². The predicted molar refractivity (Wildman–Crippen MR) is 137 cm³/mol. The fourth-order valence-corrected chi connectivity index (χ4v) is 4.42. The van der Waals surface area contributed by atoms with Gasteiger partial charge in [0.2, 0.25) is 11.8 Å². The molecule has 2 aromatic heterocycles. The molecule has 2 heterocycles. The molecule has 4 rings (SSSR count). The number of nitrogens with one attached hydrogen (secondary N) is 3. The minimum Gasteiger partial charge on any atom is -0.325 e. The first kappa shape index (κ1) is 24.2. The van der Waals surface area contributed by atoms with Crippen LogP contribution < -0.4 is 10.8 Å². The van der Waals surface area contributed by atoms with Gasteiger partial charge in [-0.05, 0) is 67.5 Å². The molecule has 178 valence electrons. The number of aromatic nitrogens is 3. The van der Waals surface area contributed by atoms with Gasteiger partial charge in [-0.3, -0.25) is 24.9 Å². The number of hydroxylamine groups is 1. The van der Waals surface area contributed by atoms with Crippen molar-refractivity contribution in [2.24, 2.45) is 0 Å². The maximum absolute atomic E-state index is 12.4. The Labute approximate surface area is 206 Å². The molecule has 0 saturated carbocycles. The summed E-state index contributed by atoms with van der Waals surface area (Å²) >= 11 is 1.55. The van der Waals surface area contributed by atoms with Crippen molar-refractivity contribution in [3.05, 3.63) is 78.2 Å². The fraction of sp³-hybridized carbons (Fsp3) is 0.154. The first-order valence-electron chi connectivity index (χ1n) is 11.2. The lowest BCUT2D eigenvalue weighted by Crippen LogP contribution is -2.18. The highest BCUT2D eigenvalue weighted by molar-refractivity contribution is 7.99. The van der Waals surface area contributed by atoms with Crippen LogP contribution in [0.2, 0.25) is 0 Å². The summed E-state index contributed by atoms with van der Waals surface area (Å²) < 4.78 is 0. The summed E-state index contributed by atoms with van der Waals surface area (Å²) in [6.45, 7) is 0. The number of anilines is 1. The summed E-state index contributed by atoms with van der Waals surface area (Å²) in [5.41, 5.74) is 4.96. The quantitative estimate of drug-likeness (QED) is 0.137. The predicted octanol–water partition coefficient (Wildman–Crippen LogP) is 5.28. The Morgan fingerprint density at radius 3 is 2.57 bits per heavy atom. The molecule has 0 saturated heterocycles. The second-order valence-corrected chi connectivity index (χ2v) is 8.91. The van der Waals surface area contributed by atoms with Gasteiger partial charge in [-0.25, -0.2) is 5.48 Å². The van der Waals surface area contributed by atoms with Gasteiger partial charge < -0.3 is 5.32 Å². The van der Waals surface area contributed by atoms with Gasteiger partial charge in [0, 0.05) is 34.2 Å². The Morgan fingerprint density at radius 2 is 1.77 bits per heavy atom. The third-order valence-electron chi connectivity index (χ3n) is 5.23. The van der Waals surface area contributed by atoms with Gasteiger partial charge in [0.15, 0.2) is 0 Å². The Balaban J connectivity index is 1.40. The minimum atomic E-state index is -0.447. The maximum atomic E-state index is 12.4. The van der Waals surface area contributed by atoms with Crippen molar-refractivity contribution in [1.82, 2.24) is 20.7 Å². The van der Waals surface area contributed by atoms with Crippen LogP contribution in [0, 0.1) is 0 Å². The second-order valence-electron chi connectivity index (χ2n) is 7.79. The third kappa shape index (κ3) is 6.78.